The van der Waals surface area contributed by atoms with Crippen molar-refractivity contribution in [2.75, 3.05) is 19.7 Å². The zero-order valence-corrected chi connectivity index (χ0v) is 13.6. The highest BCUT2D eigenvalue weighted by Crippen LogP contribution is 2.26. The first-order valence-corrected chi connectivity index (χ1v) is 8.27. The highest BCUT2D eigenvalue weighted by Gasteiger charge is 2.28. The number of halogens is 1. The SMILES string of the molecule is CC(C)N(CCO)S(=O)(=O)c1ccc(C#CCN)cc1Cl. The standard InChI is InChI=1S/C14H19ClN2O3S/c1-11(2)17(8-9-18)21(19,20)14-6-5-12(4-3-7-16)10-13(14)15/h5-6,10-11,18H,7-9,16H2,1-2H3. The molecule has 0 bridgehead atoms. The van der Waals surface area contributed by atoms with Crippen molar-refractivity contribution in [2.45, 2.75) is 24.8 Å². The molecule has 0 aliphatic heterocycles. The van der Waals surface area contributed by atoms with E-state index in [9.17, 15) is 8.42 Å². The largest absolute Gasteiger partial charge is 0.395 e. The average molecular weight is 331 g/mol. The lowest BCUT2D eigenvalue weighted by molar-refractivity contribution is 0.236. The maximum atomic E-state index is 12.6. The Labute approximate surface area is 130 Å². The highest BCUT2D eigenvalue weighted by atomic mass is 35.5. The summed E-state index contributed by atoms with van der Waals surface area (Å²) in [6.45, 7) is 3.46. The Balaban J connectivity index is 3.25. The van der Waals surface area contributed by atoms with Crippen LogP contribution in [0, 0.1) is 11.8 Å². The number of rotatable bonds is 5. The van der Waals surface area contributed by atoms with Gasteiger partial charge in [0.2, 0.25) is 10.0 Å². The summed E-state index contributed by atoms with van der Waals surface area (Å²) in [5.74, 6) is 5.47. The van der Waals surface area contributed by atoms with Gasteiger partial charge in [-0.2, -0.15) is 4.31 Å². The lowest BCUT2D eigenvalue weighted by Crippen LogP contribution is -2.39. The third kappa shape index (κ3) is 4.43. The molecule has 0 aromatic heterocycles. The maximum Gasteiger partial charge on any atom is 0.244 e. The van der Waals surface area contributed by atoms with Gasteiger partial charge in [-0.3, -0.25) is 0 Å². The van der Waals surface area contributed by atoms with Gasteiger partial charge in [0.15, 0.2) is 0 Å². The lowest BCUT2D eigenvalue weighted by Gasteiger charge is -2.25. The number of benzene rings is 1. The minimum absolute atomic E-state index is 0.00427. The number of aliphatic hydroxyl groups excluding tert-OH is 1. The quantitative estimate of drug-likeness (QED) is 0.790. The molecule has 0 saturated carbocycles. The van der Waals surface area contributed by atoms with E-state index in [0.29, 0.717) is 5.56 Å². The van der Waals surface area contributed by atoms with Gasteiger partial charge in [0.05, 0.1) is 18.2 Å². The Morgan fingerprint density at radius 3 is 2.57 bits per heavy atom. The zero-order valence-electron chi connectivity index (χ0n) is 12.0. The first-order valence-electron chi connectivity index (χ1n) is 6.45. The number of nitrogens with two attached hydrogens (primary N) is 1. The molecule has 1 aromatic carbocycles. The highest BCUT2D eigenvalue weighted by molar-refractivity contribution is 7.89. The number of aliphatic hydroxyl groups is 1. The van der Waals surface area contributed by atoms with Crippen LogP contribution in [0.15, 0.2) is 23.1 Å². The molecule has 0 atom stereocenters. The van der Waals surface area contributed by atoms with Crippen molar-refractivity contribution in [3.05, 3.63) is 28.8 Å². The molecular weight excluding hydrogens is 312 g/mol. The number of hydrogen-bond acceptors (Lipinski definition) is 4. The van der Waals surface area contributed by atoms with Gasteiger partial charge in [-0.1, -0.05) is 23.4 Å². The summed E-state index contributed by atoms with van der Waals surface area (Å²) >= 11 is 6.07. The Kier molecular flexibility index (Phi) is 6.65. The van der Waals surface area contributed by atoms with Gasteiger partial charge in [-0.25, -0.2) is 8.42 Å². The first-order chi connectivity index (χ1) is 9.84. The van der Waals surface area contributed by atoms with Gasteiger partial charge in [-0.15, -0.1) is 0 Å². The summed E-state index contributed by atoms with van der Waals surface area (Å²) in [6, 6.07) is 4.22. The number of sulfonamides is 1. The van der Waals surface area contributed by atoms with E-state index in [1.165, 1.54) is 16.4 Å². The normalized spacial score (nSPS) is 11.6. The van der Waals surface area contributed by atoms with E-state index in [1.54, 1.807) is 19.9 Å². The molecule has 0 aliphatic rings. The molecule has 5 nitrogen and oxygen atoms in total. The van der Waals surface area contributed by atoms with Crippen molar-refractivity contribution in [3.63, 3.8) is 0 Å². The smallest absolute Gasteiger partial charge is 0.244 e. The van der Waals surface area contributed by atoms with Crippen LogP contribution in [0.5, 0.6) is 0 Å². The van der Waals surface area contributed by atoms with Crippen LogP contribution in [0.25, 0.3) is 0 Å². The van der Waals surface area contributed by atoms with E-state index in [4.69, 9.17) is 22.4 Å². The van der Waals surface area contributed by atoms with E-state index >= 15 is 0 Å². The molecule has 116 valence electrons. The van der Waals surface area contributed by atoms with E-state index in [0.717, 1.165) is 0 Å². The minimum Gasteiger partial charge on any atom is -0.395 e. The van der Waals surface area contributed by atoms with Crippen molar-refractivity contribution < 1.29 is 13.5 Å². The van der Waals surface area contributed by atoms with Crippen molar-refractivity contribution in [1.82, 2.24) is 4.31 Å². The Morgan fingerprint density at radius 2 is 2.10 bits per heavy atom. The molecule has 1 rings (SSSR count). The van der Waals surface area contributed by atoms with E-state index in [2.05, 4.69) is 11.8 Å². The second kappa shape index (κ2) is 7.78. The second-order valence-electron chi connectivity index (χ2n) is 4.58. The molecule has 0 heterocycles. The van der Waals surface area contributed by atoms with Crippen LogP contribution in [0.1, 0.15) is 19.4 Å². The molecule has 0 fully saturated rings. The summed E-state index contributed by atoms with van der Waals surface area (Å²) < 4.78 is 26.4. The fourth-order valence-corrected chi connectivity index (χ4v) is 3.97. The summed E-state index contributed by atoms with van der Waals surface area (Å²) in [5.41, 5.74) is 5.89. The predicted molar refractivity (Wildman–Crippen MR) is 83.5 cm³/mol. The summed E-state index contributed by atoms with van der Waals surface area (Å²) in [5, 5.41) is 9.14. The monoisotopic (exact) mass is 330 g/mol. The van der Waals surface area contributed by atoms with E-state index in [1.807, 2.05) is 0 Å². The molecule has 0 unspecified atom stereocenters. The predicted octanol–water partition coefficient (Wildman–Crippen LogP) is 1.04. The van der Waals surface area contributed by atoms with Crippen LogP contribution in [0.2, 0.25) is 5.02 Å². The summed E-state index contributed by atoms with van der Waals surface area (Å²) in [6.07, 6.45) is 0. The molecular formula is C14H19ClN2O3S. The van der Waals surface area contributed by atoms with Crippen molar-refractivity contribution in [3.8, 4) is 11.8 Å². The van der Waals surface area contributed by atoms with E-state index in [-0.39, 0.29) is 35.7 Å². The molecule has 1 aromatic rings. The first kappa shape index (κ1) is 18.0. The Morgan fingerprint density at radius 1 is 1.43 bits per heavy atom. The lowest BCUT2D eigenvalue weighted by atomic mass is 10.2. The average Bonchev–Trinajstić information content (AvgIpc) is 2.41. The Hall–Kier alpha value is -1.10. The van der Waals surface area contributed by atoms with Crippen molar-refractivity contribution in [2.24, 2.45) is 5.73 Å². The maximum absolute atomic E-state index is 12.6. The van der Waals surface area contributed by atoms with Crippen molar-refractivity contribution >= 4 is 21.6 Å². The topological polar surface area (TPSA) is 83.6 Å². The molecule has 0 saturated heterocycles. The van der Waals surface area contributed by atoms with Gasteiger partial charge in [0.1, 0.15) is 4.90 Å². The van der Waals surface area contributed by atoms with Gasteiger partial charge >= 0.3 is 0 Å². The fourth-order valence-electron chi connectivity index (χ4n) is 1.82. The summed E-state index contributed by atoms with van der Waals surface area (Å²) in [7, 11) is -3.76. The Bertz CT molecular complexity index is 648. The van der Waals surface area contributed by atoms with Gasteiger partial charge in [-0.05, 0) is 32.0 Å². The van der Waals surface area contributed by atoms with Crippen LogP contribution >= 0.6 is 11.6 Å². The molecule has 21 heavy (non-hydrogen) atoms. The summed E-state index contributed by atoms with van der Waals surface area (Å²) in [4.78, 5) is 0.00427. The third-order valence-corrected chi connectivity index (χ3v) is 5.31. The van der Waals surface area contributed by atoms with Crippen LogP contribution < -0.4 is 5.73 Å². The van der Waals surface area contributed by atoms with Crippen LogP contribution in [0.3, 0.4) is 0 Å². The van der Waals surface area contributed by atoms with Gasteiger partial charge in [0, 0.05) is 18.2 Å². The molecule has 0 aliphatic carbocycles. The number of hydrogen-bond donors (Lipinski definition) is 2. The number of nitrogens with zero attached hydrogens (tertiary/aromatic N) is 1. The molecule has 7 heteroatoms. The van der Waals surface area contributed by atoms with Gasteiger partial charge in [0.25, 0.3) is 0 Å². The van der Waals surface area contributed by atoms with E-state index < -0.39 is 10.0 Å². The molecule has 0 radical (unpaired) electrons. The van der Waals surface area contributed by atoms with Crippen LogP contribution in [0.4, 0.5) is 0 Å². The van der Waals surface area contributed by atoms with Crippen LogP contribution in [-0.4, -0.2) is 43.6 Å². The molecule has 3 N–H and O–H groups in total. The van der Waals surface area contributed by atoms with Gasteiger partial charge < -0.3 is 10.8 Å². The fraction of sp³-hybridized carbons (Fsp3) is 0.429. The molecule has 0 spiro atoms. The second-order valence-corrected chi connectivity index (χ2v) is 6.85. The van der Waals surface area contributed by atoms with Crippen molar-refractivity contribution in [1.29, 1.82) is 0 Å². The third-order valence-electron chi connectivity index (χ3n) is 2.75. The minimum atomic E-state index is -3.76. The zero-order chi connectivity index (χ0) is 16.0. The van der Waals surface area contributed by atoms with Crippen LogP contribution in [-0.2, 0) is 10.0 Å². The molecule has 0 amide bonds.